The lowest BCUT2D eigenvalue weighted by atomic mass is 10.2. The Labute approximate surface area is 75.3 Å². The van der Waals surface area contributed by atoms with Gasteiger partial charge in [-0.15, -0.1) is 0 Å². The standard InChI is InChI=1S/C9H9N2S/c1-11-10-9(7-12-11)8-5-3-2-4-6-8/h2-7H,1H3/q+1. The van der Waals surface area contributed by atoms with Gasteiger partial charge in [0.05, 0.1) is 5.38 Å². The predicted octanol–water partition coefficient (Wildman–Crippen LogP) is 1.63. The van der Waals surface area contributed by atoms with Gasteiger partial charge in [0.2, 0.25) is 0 Å². The van der Waals surface area contributed by atoms with Crippen LogP contribution in [0, 0.1) is 0 Å². The van der Waals surface area contributed by atoms with Gasteiger partial charge in [0.1, 0.15) is 0 Å². The highest BCUT2D eigenvalue weighted by atomic mass is 32.1. The molecule has 12 heavy (non-hydrogen) atoms. The third-order valence-electron chi connectivity index (χ3n) is 1.63. The second kappa shape index (κ2) is 3.03. The molecule has 2 nitrogen and oxygen atoms in total. The van der Waals surface area contributed by atoms with Crippen LogP contribution >= 0.6 is 11.5 Å². The maximum Gasteiger partial charge on any atom is 0.180 e. The molecule has 60 valence electrons. The van der Waals surface area contributed by atoms with E-state index in [2.05, 4.69) is 22.6 Å². The predicted molar refractivity (Wildman–Crippen MR) is 48.7 cm³/mol. The maximum absolute atomic E-state index is 4.32. The van der Waals surface area contributed by atoms with E-state index in [4.69, 9.17) is 0 Å². The van der Waals surface area contributed by atoms with Crippen LogP contribution in [0.2, 0.25) is 0 Å². The summed E-state index contributed by atoms with van der Waals surface area (Å²) in [4.78, 5) is 0. The number of nitrogens with zero attached hydrogens (tertiary/aromatic N) is 2. The van der Waals surface area contributed by atoms with Gasteiger partial charge < -0.3 is 0 Å². The molecule has 1 heterocycles. The van der Waals surface area contributed by atoms with Crippen LogP contribution in [0.3, 0.4) is 0 Å². The van der Waals surface area contributed by atoms with Crippen molar-refractivity contribution in [1.29, 1.82) is 0 Å². The summed E-state index contributed by atoms with van der Waals surface area (Å²) >= 11 is 1.60. The molecule has 0 aliphatic carbocycles. The van der Waals surface area contributed by atoms with Crippen LogP contribution in [0.1, 0.15) is 0 Å². The molecule has 2 aromatic rings. The van der Waals surface area contributed by atoms with Gasteiger partial charge in [-0.2, -0.15) is 0 Å². The molecule has 3 heteroatoms. The highest BCUT2D eigenvalue weighted by Gasteiger charge is 2.05. The van der Waals surface area contributed by atoms with Crippen LogP contribution in [0.15, 0.2) is 35.7 Å². The Kier molecular flexibility index (Phi) is 1.87. The van der Waals surface area contributed by atoms with E-state index >= 15 is 0 Å². The highest BCUT2D eigenvalue weighted by molar-refractivity contribution is 6.99. The zero-order chi connectivity index (χ0) is 8.39. The van der Waals surface area contributed by atoms with Crippen LogP contribution in [-0.2, 0) is 7.05 Å². The Bertz CT molecular complexity index is 367. The van der Waals surface area contributed by atoms with Crippen LogP contribution < -0.4 is 4.07 Å². The van der Waals surface area contributed by atoms with Gasteiger partial charge in [-0.3, -0.25) is 0 Å². The normalized spacial score (nSPS) is 10.1. The Morgan fingerprint density at radius 1 is 1.25 bits per heavy atom. The number of benzene rings is 1. The van der Waals surface area contributed by atoms with E-state index in [-0.39, 0.29) is 0 Å². The van der Waals surface area contributed by atoms with Crippen molar-refractivity contribution < 1.29 is 4.07 Å². The van der Waals surface area contributed by atoms with Gasteiger partial charge in [-0.25, -0.2) is 0 Å². The fourth-order valence-corrected chi connectivity index (χ4v) is 1.63. The monoisotopic (exact) mass is 177 g/mol. The lowest BCUT2D eigenvalue weighted by Gasteiger charge is -1.89. The minimum Gasteiger partial charge on any atom is -0.0622 e. The SMILES string of the molecule is C[n+]1nc(-c2ccccc2)cs1. The summed E-state index contributed by atoms with van der Waals surface area (Å²) in [6.45, 7) is 0. The second-order valence-corrected chi connectivity index (χ2v) is 3.51. The molecule has 0 unspecified atom stereocenters. The molecule has 1 aromatic heterocycles. The van der Waals surface area contributed by atoms with Gasteiger partial charge in [-0.05, 0) is 4.07 Å². The summed E-state index contributed by atoms with van der Waals surface area (Å²) in [5, 5.41) is 6.37. The largest absolute Gasteiger partial charge is 0.180 e. The summed E-state index contributed by atoms with van der Waals surface area (Å²) in [5.41, 5.74) is 2.22. The summed E-state index contributed by atoms with van der Waals surface area (Å²) in [7, 11) is 1.94. The van der Waals surface area contributed by atoms with Crippen LogP contribution in [0.4, 0.5) is 0 Å². The first kappa shape index (κ1) is 7.43. The maximum atomic E-state index is 4.32. The molecule has 0 atom stereocenters. The molecule has 0 radical (unpaired) electrons. The fourth-order valence-electron chi connectivity index (χ4n) is 1.06. The van der Waals surface area contributed by atoms with Crippen LogP contribution in [-0.4, -0.2) is 5.10 Å². The topological polar surface area (TPSA) is 16.8 Å². The quantitative estimate of drug-likeness (QED) is 0.605. The molecule has 0 aliphatic rings. The molecule has 1 aromatic carbocycles. The molecular formula is C9H9N2S+. The lowest BCUT2D eigenvalue weighted by Crippen LogP contribution is -2.25. The molecule has 0 spiro atoms. The molecule has 0 fully saturated rings. The third kappa shape index (κ3) is 1.36. The summed E-state index contributed by atoms with van der Waals surface area (Å²) in [6, 6.07) is 10.2. The van der Waals surface area contributed by atoms with E-state index in [1.165, 1.54) is 5.56 Å². The molecule has 0 saturated carbocycles. The van der Waals surface area contributed by atoms with Crippen molar-refractivity contribution in [2.24, 2.45) is 7.05 Å². The number of hydrogen-bond donors (Lipinski definition) is 0. The highest BCUT2D eigenvalue weighted by Crippen LogP contribution is 2.15. The molecule has 2 rings (SSSR count). The third-order valence-corrected chi connectivity index (χ3v) is 2.35. The van der Waals surface area contributed by atoms with E-state index in [0.717, 1.165) is 5.69 Å². The van der Waals surface area contributed by atoms with E-state index in [1.807, 2.05) is 29.3 Å². The Morgan fingerprint density at radius 3 is 2.58 bits per heavy atom. The second-order valence-electron chi connectivity index (χ2n) is 2.54. The Hall–Kier alpha value is -1.22. The van der Waals surface area contributed by atoms with Crippen molar-refractivity contribution in [3.8, 4) is 11.3 Å². The summed E-state index contributed by atoms with van der Waals surface area (Å²) < 4.78 is 1.85. The van der Waals surface area contributed by atoms with E-state index in [0.29, 0.717) is 0 Å². The van der Waals surface area contributed by atoms with Gasteiger partial charge in [0.25, 0.3) is 0 Å². The van der Waals surface area contributed by atoms with Crippen molar-refractivity contribution in [2.75, 3.05) is 0 Å². The van der Waals surface area contributed by atoms with Crippen LogP contribution in [0.25, 0.3) is 11.3 Å². The minimum atomic E-state index is 1.04. The minimum absolute atomic E-state index is 1.04. The Balaban J connectivity index is 2.45. The van der Waals surface area contributed by atoms with Crippen LogP contribution in [0.5, 0.6) is 0 Å². The van der Waals surface area contributed by atoms with Gasteiger partial charge in [0.15, 0.2) is 24.3 Å². The first-order chi connectivity index (χ1) is 5.86. The van der Waals surface area contributed by atoms with Crippen molar-refractivity contribution >= 4 is 11.5 Å². The van der Waals surface area contributed by atoms with Gasteiger partial charge in [-0.1, -0.05) is 30.3 Å². The molecular weight excluding hydrogens is 168 g/mol. The van der Waals surface area contributed by atoms with Gasteiger partial charge >= 0.3 is 0 Å². The number of aromatic nitrogens is 2. The van der Waals surface area contributed by atoms with E-state index in [1.54, 1.807) is 11.5 Å². The van der Waals surface area contributed by atoms with E-state index in [9.17, 15) is 0 Å². The molecule has 0 N–H and O–H groups in total. The van der Waals surface area contributed by atoms with Gasteiger partial charge in [0, 0.05) is 10.7 Å². The van der Waals surface area contributed by atoms with Crippen molar-refractivity contribution in [1.82, 2.24) is 5.10 Å². The molecule has 0 bridgehead atoms. The molecule has 0 amide bonds. The average molecular weight is 177 g/mol. The first-order valence-electron chi connectivity index (χ1n) is 3.74. The zero-order valence-corrected chi connectivity index (χ0v) is 7.58. The van der Waals surface area contributed by atoms with Crippen molar-refractivity contribution in [3.63, 3.8) is 0 Å². The number of aryl methyl sites for hydroxylation is 1. The zero-order valence-electron chi connectivity index (χ0n) is 6.77. The van der Waals surface area contributed by atoms with Crippen molar-refractivity contribution in [3.05, 3.63) is 35.7 Å². The van der Waals surface area contributed by atoms with Crippen molar-refractivity contribution in [2.45, 2.75) is 0 Å². The number of rotatable bonds is 1. The average Bonchev–Trinajstić information content (AvgIpc) is 2.54. The Morgan fingerprint density at radius 2 is 2.00 bits per heavy atom. The molecule has 0 aliphatic heterocycles. The summed E-state index contributed by atoms with van der Waals surface area (Å²) in [5.74, 6) is 0. The summed E-state index contributed by atoms with van der Waals surface area (Å²) in [6.07, 6.45) is 0. The van der Waals surface area contributed by atoms with E-state index < -0.39 is 0 Å². The smallest absolute Gasteiger partial charge is 0.0622 e. The molecule has 0 saturated heterocycles. The number of hydrogen-bond acceptors (Lipinski definition) is 2. The first-order valence-corrected chi connectivity index (χ1v) is 4.58. The fraction of sp³-hybridized carbons (Fsp3) is 0.111. The lowest BCUT2D eigenvalue weighted by molar-refractivity contribution is -0.662.